The molecule has 5 rings (SSSR count). The van der Waals surface area contributed by atoms with E-state index in [-0.39, 0.29) is 5.91 Å². The molecule has 0 bridgehead atoms. The zero-order chi connectivity index (χ0) is 22.1. The maximum Gasteiger partial charge on any atom is 0.257 e. The Kier molecular flexibility index (Phi) is 5.38. The van der Waals surface area contributed by atoms with Crippen molar-refractivity contribution in [3.8, 4) is 34.2 Å². The molecule has 0 unspecified atom stereocenters. The molecule has 0 aliphatic heterocycles. The minimum Gasteiger partial charge on any atom is -0.416 e. The Hall–Kier alpha value is -3.62. The number of nitrogens with zero attached hydrogens (tertiary/aromatic N) is 3. The van der Waals surface area contributed by atoms with Gasteiger partial charge in [0.2, 0.25) is 11.8 Å². The van der Waals surface area contributed by atoms with Crippen LogP contribution in [0, 0.1) is 13.8 Å². The number of carbonyl (C=O) groups is 1. The lowest BCUT2D eigenvalue weighted by Gasteiger charge is -2.02. The summed E-state index contributed by atoms with van der Waals surface area (Å²) in [5.74, 6) is 0.644. The summed E-state index contributed by atoms with van der Waals surface area (Å²) in [6.45, 7) is 4.16. The normalized spacial score (nSPS) is 10.9. The van der Waals surface area contributed by atoms with Crippen LogP contribution in [0.15, 0.2) is 70.5 Å². The molecule has 0 aliphatic carbocycles. The Balaban J connectivity index is 1.29. The van der Waals surface area contributed by atoms with Gasteiger partial charge in [0.15, 0.2) is 5.13 Å². The van der Waals surface area contributed by atoms with Gasteiger partial charge in [-0.25, -0.2) is 4.98 Å². The summed E-state index contributed by atoms with van der Waals surface area (Å²) < 4.78 is 5.78. The topological polar surface area (TPSA) is 80.9 Å². The van der Waals surface area contributed by atoms with E-state index in [0.29, 0.717) is 22.5 Å². The Bertz CT molecular complexity index is 1390. The van der Waals surface area contributed by atoms with Crippen LogP contribution in [0.3, 0.4) is 0 Å². The standard InChI is InChI=1S/C24H18N4O2S2/c1-14-12-19(15(2)32-14)20-13-31-24(25-20)26-21(29)16-8-10-18(11-9-16)23-28-27-22(30-23)17-6-4-3-5-7-17/h3-13H,1-2H3,(H,25,26,29). The molecule has 3 heterocycles. The molecule has 32 heavy (non-hydrogen) atoms. The highest BCUT2D eigenvalue weighted by atomic mass is 32.1. The number of thiophene rings is 1. The highest BCUT2D eigenvalue weighted by molar-refractivity contribution is 7.14. The number of aromatic nitrogens is 3. The fourth-order valence-electron chi connectivity index (χ4n) is 3.31. The van der Waals surface area contributed by atoms with E-state index in [1.54, 1.807) is 35.6 Å². The Labute approximate surface area is 192 Å². The first-order chi connectivity index (χ1) is 15.6. The van der Waals surface area contributed by atoms with Crippen LogP contribution < -0.4 is 5.32 Å². The molecule has 1 amide bonds. The summed E-state index contributed by atoms with van der Waals surface area (Å²) in [6, 6.07) is 18.8. The summed E-state index contributed by atoms with van der Waals surface area (Å²) in [4.78, 5) is 19.7. The van der Waals surface area contributed by atoms with Gasteiger partial charge in [-0.15, -0.1) is 32.9 Å². The van der Waals surface area contributed by atoms with Crippen LogP contribution in [0.2, 0.25) is 0 Å². The van der Waals surface area contributed by atoms with E-state index in [4.69, 9.17) is 4.42 Å². The van der Waals surface area contributed by atoms with E-state index in [2.05, 4.69) is 40.4 Å². The quantitative estimate of drug-likeness (QED) is 0.327. The number of thiazole rings is 1. The van der Waals surface area contributed by atoms with Crippen LogP contribution in [-0.2, 0) is 0 Å². The summed E-state index contributed by atoms with van der Waals surface area (Å²) in [5.41, 5.74) is 4.13. The Morgan fingerprint density at radius 1 is 0.938 bits per heavy atom. The van der Waals surface area contributed by atoms with Crippen LogP contribution in [0.4, 0.5) is 5.13 Å². The summed E-state index contributed by atoms with van der Waals surface area (Å²) in [7, 11) is 0. The number of hydrogen-bond donors (Lipinski definition) is 1. The molecule has 3 aromatic heterocycles. The Morgan fingerprint density at radius 3 is 2.28 bits per heavy atom. The van der Waals surface area contributed by atoms with E-state index < -0.39 is 0 Å². The number of benzene rings is 2. The van der Waals surface area contributed by atoms with Crippen molar-refractivity contribution in [2.75, 3.05) is 5.32 Å². The molecule has 0 saturated carbocycles. The largest absolute Gasteiger partial charge is 0.416 e. The van der Waals surface area contributed by atoms with Gasteiger partial charge in [-0.3, -0.25) is 10.1 Å². The van der Waals surface area contributed by atoms with Crippen LogP contribution >= 0.6 is 22.7 Å². The second kappa shape index (κ2) is 8.49. The third-order valence-electron chi connectivity index (χ3n) is 4.88. The first kappa shape index (κ1) is 20.3. The first-order valence-corrected chi connectivity index (χ1v) is 11.6. The number of carbonyl (C=O) groups excluding carboxylic acids is 1. The minimum atomic E-state index is -0.217. The number of anilines is 1. The summed E-state index contributed by atoms with van der Waals surface area (Å²) >= 11 is 3.16. The SMILES string of the molecule is Cc1cc(-c2csc(NC(=O)c3ccc(-c4nnc(-c5ccccc5)o4)cc3)n2)c(C)s1. The molecule has 2 aromatic carbocycles. The molecular formula is C24H18N4O2S2. The van der Waals surface area contributed by atoms with Crippen molar-refractivity contribution < 1.29 is 9.21 Å². The molecule has 0 atom stereocenters. The van der Waals surface area contributed by atoms with Gasteiger partial charge >= 0.3 is 0 Å². The molecule has 0 fully saturated rings. The van der Waals surface area contributed by atoms with Crippen LogP contribution in [0.1, 0.15) is 20.1 Å². The van der Waals surface area contributed by atoms with Gasteiger partial charge in [-0.2, -0.15) is 0 Å². The maximum absolute atomic E-state index is 12.7. The molecule has 8 heteroatoms. The molecule has 0 spiro atoms. The zero-order valence-corrected chi connectivity index (χ0v) is 19.0. The molecule has 158 valence electrons. The lowest BCUT2D eigenvalue weighted by molar-refractivity contribution is 0.102. The predicted molar refractivity (Wildman–Crippen MR) is 128 cm³/mol. The third kappa shape index (κ3) is 4.10. The lowest BCUT2D eigenvalue weighted by atomic mass is 10.1. The second-order valence-corrected chi connectivity index (χ2v) is 9.49. The van der Waals surface area contributed by atoms with E-state index >= 15 is 0 Å². The zero-order valence-electron chi connectivity index (χ0n) is 17.3. The molecule has 0 saturated heterocycles. The highest BCUT2D eigenvalue weighted by Crippen LogP contribution is 2.32. The molecule has 6 nitrogen and oxygen atoms in total. The monoisotopic (exact) mass is 458 g/mol. The van der Waals surface area contributed by atoms with Gasteiger partial charge in [0, 0.05) is 37.4 Å². The van der Waals surface area contributed by atoms with Crippen molar-refractivity contribution >= 4 is 33.7 Å². The number of amides is 1. The van der Waals surface area contributed by atoms with Crippen molar-refractivity contribution in [3.63, 3.8) is 0 Å². The molecular weight excluding hydrogens is 440 g/mol. The molecule has 1 N–H and O–H groups in total. The van der Waals surface area contributed by atoms with Gasteiger partial charge in [0.1, 0.15) is 0 Å². The van der Waals surface area contributed by atoms with Crippen molar-refractivity contribution in [2.45, 2.75) is 13.8 Å². The average Bonchev–Trinajstić information content (AvgIpc) is 3.54. The average molecular weight is 459 g/mol. The van der Waals surface area contributed by atoms with Crippen molar-refractivity contribution in [3.05, 3.63) is 81.4 Å². The van der Waals surface area contributed by atoms with Gasteiger partial charge < -0.3 is 4.42 Å². The first-order valence-electron chi connectivity index (χ1n) is 9.90. The van der Waals surface area contributed by atoms with Gasteiger partial charge in [0.25, 0.3) is 5.91 Å². The molecule has 0 aliphatic rings. The molecule has 0 radical (unpaired) electrons. The lowest BCUT2D eigenvalue weighted by Crippen LogP contribution is -2.11. The van der Waals surface area contributed by atoms with E-state index in [0.717, 1.165) is 22.4 Å². The van der Waals surface area contributed by atoms with Crippen molar-refractivity contribution in [1.82, 2.24) is 15.2 Å². The fourth-order valence-corrected chi connectivity index (χ4v) is 4.95. The summed E-state index contributed by atoms with van der Waals surface area (Å²) in [5, 5.41) is 13.6. The predicted octanol–water partition coefficient (Wildman–Crippen LogP) is 6.46. The highest BCUT2D eigenvalue weighted by Gasteiger charge is 2.14. The number of rotatable bonds is 5. The Morgan fingerprint density at radius 2 is 1.62 bits per heavy atom. The van der Waals surface area contributed by atoms with Gasteiger partial charge in [0.05, 0.1) is 5.69 Å². The number of aryl methyl sites for hydroxylation is 2. The van der Waals surface area contributed by atoms with E-state index in [1.165, 1.54) is 21.1 Å². The van der Waals surface area contributed by atoms with Gasteiger partial charge in [-0.1, -0.05) is 18.2 Å². The third-order valence-corrected chi connectivity index (χ3v) is 6.61. The van der Waals surface area contributed by atoms with Crippen molar-refractivity contribution in [1.29, 1.82) is 0 Å². The van der Waals surface area contributed by atoms with Crippen LogP contribution in [0.25, 0.3) is 34.2 Å². The second-order valence-electron chi connectivity index (χ2n) is 7.17. The number of nitrogens with one attached hydrogen (secondary N) is 1. The van der Waals surface area contributed by atoms with Gasteiger partial charge in [-0.05, 0) is 56.3 Å². The van der Waals surface area contributed by atoms with Crippen LogP contribution in [-0.4, -0.2) is 21.1 Å². The van der Waals surface area contributed by atoms with Crippen molar-refractivity contribution in [2.24, 2.45) is 0 Å². The van der Waals surface area contributed by atoms with E-state index in [1.807, 2.05) is 35.7 Å². The summed E-state index contributed by atoms with van der Waals surface area (Å²) in [6.07, 6.45) is 0. The van der Waals surface area contributed by atoms with E-state index in [9.17, 15) is 4.79 Å². The fraction of sp³-hybridized carbons (Fsp3) is 0.0833. The smallest absolute Gasteiger partial charge is 0.257 e. The minimum absolute atomic E-state index is 0.217. The molecule has 5 aromatic rings. The maximum atomic E-state index is 12.7. The van der Waals surface area contributed by atoms with Crippen LogP contribution in [0.5, 0.6) is 0 Å². The number of hydrogen-bond acceptors (Lipinski definition) is 7.